The van der Waals surface area contributed by atoms with Gasteiger partial charge in [0.15, 0.2) is 0 Å². The van der Waals surface area contributed by atoms with Crippen LogP contribution in [0.1, 0.15) is 44.1 Å². The largest absolute Gasteiger partial charge is 0.493 e. The third-order valence-corrected chi connectivity index (χ3v) is 4.37. The van der Waals surface area contributed by atoms with Crippen LogP contribution >= 0.6 is 11.6 Å². The molecule has 2 aliphatic rings. The summed E-state index contributed by atoms with van der Waals surface area (Å²) >= 11 is 6.10. The minimum absolute atomic E-state index is 0.454. The van der Waals surface area contributed by atoms with E-state index in [2.05, 4.69) is 5.32 Å². The zero-order valence-electron chi connectivity index (χ0n) is 12.4. The minimum atomic E-state index is 0.454. The fourth-order valence-corrected chi connectivity index (χ4v) is 2.93. The third kappa shape index (κ3) is 4.87. The molecule has 3 nitrogen and oxygen atoms in total. The molecule has 1 N–H and O–H groups in total. The van der Waals surface area contributed by atoms with E-state index in [-0.39, 0.29) is 0 Å². The van der Waals surface area contributed by atoms with E-state index in [0.29, 0.717) is 12.1 Å². The highest BCUT2D eigenvalue weighted by molar-refractivity contribution is 6.30. The van der Waals surface area contributed by atoms with Gasteiger partial charge in [-0.1, -0.05) is 11.6 Å². The Morgan fingerprint density at radius 2 is 2.19 bits per heavy atom. The van der Waals surface area contributed by atoms with Crippen molar-refractivity contribution in [3.05, 3.63) is 28.8 Å². The smallest absolute Gasteiger partial charge is 0.123 e. The lowest BCUT2D eigenvalue weighted by atomic mass is 10.1. The van der Waals surface area contributed by atoms with Crippen molar-refractivity contribution in [2.24, 2.45) is 0 Å². The van der Waals surface area contributed by atoms with Crippen LogP contribution in [0.25, 0.3) is 0 Å². The first-order valence-electron chi connectivity index (χ1n) is 8.07. The number of benzene rings is 1. The van der Waals surface area contributed by atoms with Crippen LogP contribution in [-0.4, -0.2) is 25.4 Å². The standard InChI is InChI=1S/C17H24ClNO2/c18-14-5-8-17(13(11-14)12-19-15-6-7-15)21-10-2-4-16-3-1-9-20-16/h5,8,11,15-16,19H,1-4,6-7,9-10,12H2. The molecule has 4 heteroatoms. The third-order valence-electron chi connectivity index (χ3n) is 4.13. The summed E-state index contributed by atoms with van der Waals surface area (Å²) in [7, 11) is 0. The summed E-state index contributed by atoms with van der Waals surface area (Å²) in [4.78, 5) is 0. The second-order valence-electron chi connectivity index (χ2n) is 6.03. The predicted octanol–water partition coefficient (Wildman–Crippen LogP) is 3.93. The maximum Gasteiger partial charge on any atom is 0.123 e. The first-order valence-corrected chi connectivity index (χ1v) is 8.45. The van der Waals surface area contributed by atoms with Gasteiger partial charge in [-0.25, -0.2) is 0 Å². The Kier molecular flexibility index (Phi) is 5.39. The van der Waals surface area contributed by atoms with E-state index in [1.807, 2.05) is 18.2 Å². The molecular formula is C17H24ClNO2. The van der Waals surface area contributed by atoms with Crippen LogP contribution in [0.4, 0.5) is 0 Å². The molecule has 1 aliphatic carbocycles. The number of rotatable bonds is 8. The van der Waals surface area contributed by atoms with Crippen molar-refractivity contribution < 1.29 is 9.47 Å². The average molecular weight is 310 g/mol. The van der Waals surface area contributed by atoms with Crippen LogP contribution in [0.3, 0.4) is 0 Å². The van der Waals surface area contributed by atoms with Gasteiger partial charge in [0.1, 0.15) is 5.75 Å². The number of hydrogen-bond donors (Lipinski definition) is 1. The maximum atomic E-state index is 6.10. The predicted molar refractivity (Wildman–Crippen MR) is 85.0 cm³/mol. The SMILES string of the molecule is Clc1ccc(OCCCC2CCCO2)c(CNC2CC2)c1. The number of halogens is 1. The van der Waals surface area contributed by atoms with E-state index in [1.165, 1.54) is 25.7 Å². The van der Waals surface area contributed by atoms with Crippen molar-refractivity contribution in [2.75, 3.05) is 13.2 Å². The molecule has 3 rings (SSSR count). The topological polar surface area (TPSA) is 30.5 Å². The van der Waals surface area contributed by atoms with E-state index in [4.69, 9.17) is 21.1 Å². The first kappa shape index (κ1) is 15.1. The fraction of sp³-hybridized carbons (Fsp3) is 0.647. The van der Waals surface area contributed by atoms with Crippen LogP contribution in [-0.2, 0) is 11.3 Å². The molecule has 2 fully saturated rings. The van der Waals surface area contributed by atoms with Gasteiger partial charge in [0.2, 0.25) is 0 Å². The lowest BCUT2D eigenvalue weighted by molar-refractivity contribution is 0.0981. The van der Waals surface area contributed by atoms with Crippen molar-refractivity contribution in [3.63, 3.8) is 0 Å². The second kappa shape index (κ2) is 7.48. The van der Waals surface area contributed by atoms with Crippen LogP contribution in [0, 0.1) is 0 Å². The molecular weight excluding hydrogens is 286 g/mol. The van der Waals surface area contributed by atoms with Crippen LogP contribution in [0.15, 0.2) is 18.2 Å². The number of hydrogen-bond acceptors (Lipinski definition) is 3. The zero-order chi connectivity index (χ0) is 14.5. The molecule has 1 aliphatic heterocycles. The molecule has 1 atom stereocenters. The second-order valence-corrected chi connectivity index (χ2v) is 6.47. The highest BCUT2D eigenvalue weighted by Gasteiger charge is 2.20. The van der Waals surface area contributed by atoms with E-state index in [0.717, 1.165) is 48.9 Å². The highest BCUT2D eigenvalue weighted by Crippen LogP contribution is 2.26. The number of ether oxygens (including phenoxy) is 2. The summed E-state index contributed by atoms with van der Waals surface area (Å²) in [5, 5.41) is 4.29. The Morgan fingerprint density at radius 1 is 1.29 bits per heavy atom. The molecule has 1 aromatic rings. The molecule has 1 saturated carbocycles. The van der Waals surface area contributed by atoms with Crippen molar-refractivity contribution in [1.82, 2.24) is 5.32 Å². The summed E-state index contributed by atoms with van der Waals surface area (Å²) in [6.45, 7) is 2.52. The van der Waals surface area contributed by atoms with Crippen molar-refractivity contribution in [1.29, 1.82) is 0 Å². The highest BCUT2D eigenvalue weighted by atomic mass is 35.5. The van der Waals surface area contributed by atoms with Crippen LogP contribution in [0.5, 0.6) is 5.75 Å². The summed E-state index contributed by atoms with van der Waals surface area (Å²) in [5.41, 5.74) is 1.16. The molecule has 0 bridgehead atoms. The van der Waals surface area contributed by atoms with Gasteiger partial charge in [0.25, 0.3) is 0 Å². The molecule has 21 heavy (non-hydrogen) atoms. The molecule has 1 unspecified atom stereocenters. The molecule has 116 valence electrons. The Balaban J connectivity index is 1.46. The Hall–Kier alpha value is -0.770. The van der Waals surface area contributed by atoms with E-state index in [1.54, 1.807) is 0 Å². The average Bonchev–Trinajstić information content (AvgIpc) is 3.17. The normalized spacial score (nSPS) is 21.7. The van der Waals surface area contributed by atoms with Gasteiger partial charge in [0.05, 0.1) is 12.7 Å². The summed E-state index contributed by atoms with van der Waals surface area (Å²) in [5.74, 6) is 0.958. The maximum absolute atomic E-state index is 6.10. The van der Waals surface area contributed by atoms with Gasteiger partial charge in [-0.2, -0.15) is 0 Å². The molecule has 0 amide bonds. The monoisotopic (exact) mass is 309 g/mol. The lowest BCUT2D eigenvalue weighted by Crippen LogP contribution is -2.16. The van der Waals surface area contributed by atoms with Gasteiger partial charge in [-0.3, -0.25) is 0 Å². The Bertz CT molecular complexity index is 456. The fourth-order valence-electron chi connectivity index (χ4n) is 2.73. The summed E-state index contributed by atoms with van der Waals surface area (Å²) < 4.78 is 11.6. The van der Waals surface area contributed by atoms with Crippen molar-refractivity contribution in [3.8, 4) is 5.75 Å². The van der Waals surface area contributed by atoms with Gasteiger partial charge in [-0.05, 0) is 56.7 Å². The molecule has 1 saturated heterocycles. The van der Waals surface area contributed by atoms with Gasteiger partial charge >= 0.3 is 0 Å². The van der Waals surface area contributed by atoms with Crippen LogP contribution < -0.4 is 10.1 Å². The van der Waals surface area contributed by atoms with Crippen LogP contribution in [0.2, 0.25) is 5.02 Å². The van der Waals surface area contributed by atoms with Gasteiger partial charge in [-0.15, -0.1) is 0 Å². The van der Waals surface area contributed by atoms with E-state index in [9.17, 15) is 0 Å². The van der Waals surface area contributed by atoms with E-state index < -0.39 is 0 Å². The van der Waals surface area contributed by atoms with Gasteiger partial charge in [0, 0.05) is 29.8 Å². The first-order chi connectivity index (χ1) is 10.3. The Labute approximate surface area is 132 Å². The molecule has 0 radical (unpaired) electrons. The number of nitrogens with one attached hydrogen (secondary N) is 1. The summed E-state index contributed by atoms with van der Waals surface area (Å²) in [6.07, 6.45) is 7.59. The quantitative estimate of drug-likeness (QED) is 0.738. The molecule has 0 aromatic heterocycles. The van der Waals surface area contributed by atoms with Crippen molar-refractivity contribution in [2.45, 2.75) is 57.2 Å². The molecule has 1 aromatic carbocycles. The zero-order valence-corrected chi connectivity index (χ0v) is 13.2. The summed E-state index contributed by atoms with van der Waals surface area (Å²) in [6, 6.07) is 6.58. The molecule has 1 heterocycles. The van der Waals surface area contributed by atoms with Crippen molar-refractivity contribution >= 4 is 11.6 Å². The lowest BCUT2D eigenvalue weighted by Gasteiger charge is -2.14. The minimum Gasteiger partial charge on any atom is -0.493 e. The molecule has 0 spiro atoms. The Morgan fingerprint density at radius 3 is 2.95 bits per heavy atom. The van der Waals surface area contributed by atoms with Gasteiger partial charge < -0.3 is 14.8 Å². The van der Waals surface area contributed by atoms with E-state index >= 15 is 0 Å².